The topological polar surface area (TPSA) is 66.9 Å². The van der Waals surface area contributed by atoms with E-state index in [9.17, 15) is 35.5 Å². The molecule has 0 saturated heterocycles. The zero-order valence-electron chi connectivity index (χ0n) is 17.9. The molecule has 0 radical (unpaired) electrons. The molecule has 0 spiro atoms. The number of hydrogen-bond donors (Lipinski definition) is 2. The summed E-state index contributed by atoms with van der Waals surface area (Å²) in [5, 5.41) is -0.371. The zero-order chi connectivity index (χ0) is 27.5. The molecule has 0 bridgehead atoms. The van der Waals surface area contributed by atoms with E-state index >= 15 is 0 Å². The Morgan fingerprint density at radius 3 is 2.14 bits per heavy atom. The molecule has 0 saturated carbocycles. The number of amides is 1. The number of anilines is 1. The van der Waals surface area contributed by atoms with Crippen LogP contribution in [0.25, 0.3) is 5.83 Å². The standard InChI is InChI=1S/C22H12BrCl2F7N4O/c23-18-15(24)7-11(8-16(18)25)13(21(27,28)29)9-17(26)10-2-3-12(14(6-10)22(30,31)32)19(37)35-36-20-33-4-1-5-34-20/h1-9,13H,(H,35,37)(H,33,34,36)/b17-9-. The summed E-state index contributed by atoms with van der Waals surface area (Å²) < 4.78 is 97.3. The zero-order valence-corrected chi connectivity index (χ0v) is 21.0. The van der Waals surface area contributed by atoms with E-state index in [-0.39, 0.29) is 32.6 Å². The number of carbonyl (C=O) groups is 1. The summed E-state index contributed by atoms with van der Waals surface area (Å²) in [5.74, 6) is -5.61. The van der Waals surface area contributed by atoms with Gasteiger partial charge in [0.05, 0.1) is 25.6 Å². The van der Waals surface area contributed by atoms with Crippen molar-refractivity contribution >= 4 is 56.8 Å². The van der Waals surface area contributed by atoms with E-state index in [0.717, 1.165) is 18.2 Å². The minimum absolute atomic E-state index is 0.0967. The van der Waals surface area contributed by atoms with Crippen molar-refractivity contribution in [3.63, 3.8) is 0 Å². The highest BCUT2D eigenvalue weighted by atomic mass is 79.9. The van der Waals surface area contributed by atoms with E-state index in [4.69, 9.17) is 23.2 Å². The molecule has 0 fully saturated rings. The van der Waals surface area contributed by atoms with Crippen LogP contribution in [-0.2, 0) is 6.18 Å². The molecule has 1 heterocycles. The smallest absolute Gasteiger partial charge is 0.267 e. The maximum absolute atomic E-state index is 14.9. The van der Waals surface area contributed by atoms with Gasteiger partial charge < -0.3 is 0 Å². The van der Waals surface area contributed by atoms with E-state index in [2.05, 4.69) is 31.3 Å². The highest BCUT2D eigenvalue weighted by molar-refractivity contribution is 9.10. The maximum atomic E-state index is 14.9. The second-order valence-corrected chi connectivity index (χ2v) is 8.85. The van der Waals surface area contributed by atoms with Crippen molar-refractivity contribution in [1.82, 2.24) is 15.4 Å². The summed E-state index contributed by atoms with van der Waals surface area (Å²) in [6, 6.07) is 4.86. The number of hydrogen-bond acceptors (Lipinski definition) is 4. The molecule has 37 heavy (non-hydrogen) atoms. The second-order valence-electron chi connectivity index (χ2n) is 7.24. The lowest BCUT2D eigenvalue weighted by molar-refractivity contribution is -0.140. The summed E-state index contributed by atoms with van der Waals surface area (Å²) in [6.07, 6.45) is -7.49. The number of nitrogens with zero attached hydrogens (tertiary/aromatic N) is 2. The van der Waals surface area contributed by atoms with Crippen LogP contribution < -0.4 is 10.9 Å². The summed E-state index contributed by atoms with van der Waals surface area (Å²) in [4.78, 5) is 19.8. The Morgan fingerprint density at radius 1 is 1.00 bits per heavy atom. The molecule has 1 atom stereocenters. The minimum Gasteiger partial charge on any atom is -0.267 e. The molecule has 3 aromatic rings. The van der Waals surface area contributed by atoms with Gasteiger partial charge in [-0.15, -0.1) is 0 Å². The van der Waals surface area contributed by atoms with Crippen LogP contribution >= 0.6 is 39.1 Å². The van der Waals surface area contributed by atoms with Gasteiger partial charge in [0.1, 0.15) is 11.7 Å². The molecule has 1 amide bonds. The van der Waals surface area contributed by atoms with E-state index in [1.54, 1.807) is 0 Å². The predicted octanol–water partition coefficient (Wildman–Crippen LogP) is 7.98. The van der Waals surface area contributed by atoms with Crippen molar-refractivity contribution in [3.8, 4) is 0 Å². The van der Waals surface area contributed by atoms with Crippen LogP contribution in [0.2, 0.25) is 10.0 Å². The normalized spacial score (nSPS) is 13.3. The number of carbonyl (C=O) groups excluding carboxylic acids is 1. The molecule has 0 aliphatic heterocycles. The molecule has 1 unspecified atom stereocenters. The fraction of sp³-hybridized carbons (Fsp3) is 0.136. The Morgan fingerprint density at radius 2 is 1.59 bits per heavy atom. The SMILES string of the molecule is O=C(NNc1ncccn1)c1ccc(/C(F)=C/C(c2cc(Cl)c(Br)c(Cl)c2)C(F)(F)F)cc1C(F)(F)F. The molecular weight excluding hydrogens is 620 g/mol. The van der Waals surface area contributed by atoms with Gasteiger partial charge in [-0.05, 0) is 57.9 Å². The summed E-state index contributed by atoms with van der Waals surface area (Å²) >= 11 is 14.7. The third kappa shape index (κ3) is 7.11. The number of halogens is 10. The Labute approximate surface area is 222 Å². The monoisotopic (exact) mass is 630 g/mol. The minimum atomic E-state index is -5.15. The molecule has 0 aliphatic carbocycles. The molecule has 2 aromatic carbocycles. The molecule has 2 N–H and O–H groups in total. The van der Waals surface area contributed by atoms with Crippen LogP contribution in [-0.4, -0.2) is 22.1 Å². The number of aromatic nitrogens is 2. The molecule has 1 aromatic heterocycles. The van der Waals surface area contributed by atoms with Crippen LogP contribution in [0.1, 0.15) is 33.0 Å². The lowest BCUT2D eigenvalue weighted by Gasteiger charge is -2.19. The van der Waals surface area contributed by atoms with Gasteiger partial charge >= 0.3 is 12.4 Å². The number of nitrogens with one attached hydrogen (secondary N) is 2. The fourth-order valence-electron chi connectivity index (χ4n) is 3.05. The Bertz CT molecular complexity index is 1310. The summed E-state index contributed by atoms with van der Waals surface area (Å²) in [5.41, 5.74) is 0.285. The molecule has 5 nitrogen and oxygen atoms in total. The number of alkyl halides is 6. The van der Waals surface area contributed by atoms with Crippen molar-refractivity contribution in [2.45, 2.75) is 18.3 Å². The second kappa shape index (κ2) is 11.2. The van der Waals surface area contributed by atoms with Crippen molar-refractivity contribution in [2.24, 2.45) is 0 Å². The maximum Gasteiger partial charge on any atom is 0.417 e. The molecule has 3 rings (SSSR count). The lowest BCUT2D eigenvalue weighted by Crippen LogP contribution is -2.32. The van der Waals surface area contributed by atoms with Gasteiger partial charge in [-0.3, -0.25) is 15.6 Å². The Kier molecular flexibility index (Phi) is 8.70. The molecule has 0 aliphatic rings. The van der Waals surface area contributed by atoms with Crippen molar-refractivity contribution in [1.29, 1.82) is 0 Å². The summed E-state index contributed by atoms with van der Waals surface area (Å²) in [7, 11) is 0. The van der Waals surface area contributed by atoms with Crippen LogP contribution in [0.3, 0.4) is 0 Å². The molecular formula is C22H12BrCl2F7N4O. The number of allylic oxidation sites excluding steroid dienone is 1. The van der Waals surface area contributed by atoms with Gasteiger partial charge in [0.2, 0.25) is 5.95 Å². The van der Waals surface area contributed by atoms with Gasteiger partial charge in [0.15, 0.2) is 0 Å². The number of hydrazine groups is 1. The summed E-state index contributed by atoms with van der Waals surface area (Å²) in [6.45, 7) is 0. The van der Waals surface area contributed by atoms with Crippen molar-refractivity contribution in [3.05, 3.63) is 91.6 Å². The van der Waals surface area contributed by atoms with Gasteiger partial charge in [-0.25, -0.2) is 14.4 Å². The highest BCUT2D eigenvalue weighted by Gasteiger charge is 2.41. The largest absolute Gasteiger partial charge is 0.417 e. The highest BCUT2D eigenvalue weighted by Crippen LogP contribution is 2.42. The third-order valence-corrected chi connectivity index (χ3v) is 6.64. The Hall–Kier alpha value is -2.90. The van der Waals surface area contributed by atoms with Crippen LogP contribution in [0, 0.1) is 0 Å². The van der Waals surface area contributed by atoms with Crippen LogP contribution in [0.15, 0.2) is 59.3 Å². The van der Waals surface area contributed by atoms with Gasteiger partial charge in [0, 0.05) is 18.0 Å². The van der Waals surface area contributed by atoms with E-state index < -0.39 is 52.3 Å². The first-order valence-corrected chi connectivity index (χ1v) is 11.4. The first-order valence-electron chi connectivity index (χ1n) is 9.82. The van der Waals surface area contributed by atoms with Gasteiger partial charge in [-0.2, -0.15) is 26.3 Å². The first kappa shape index (κ1) is 28.7. The third-order valence-electron chi connectivity index (χ3n) is 4.73. The van der Waals surface area contributed by atoms with Crippen molar-refractivity contribution in [2.75, 3.05) is 5.43 Å². The molecule has 15 heteroatoms. The van der Waals surface area contributed by atoms with Gasteiger partial charge in [0.25, 0.3) is 5.91 Å². The van der Waals surface area contributed by atoms with Crippen molar-refractivity contribution < 1.29 is 35.5 Å². The average Bonchev–Trinajstić information content (AvgIpc) is 2.83. The van der Waals surface area contributed by atoms with E-state index in [0.29, 0.717) is 6.07 Å². The number of benzene rings is 2. The average molecular weight is 632 g/mol. The number of rotatable bonds is 6. The predicted molar refractivity (Wildman–Crippen MR) is 127 cm³/mol. The molecule has 196 valence electrons. The van der Waals surface area contributed by atoms with Crippen LogP contribution in [0.5, 0.6) is 0 Å². The Balaban J connectivity index is 1.99. The van der Waals surface area contributed by atoms with Crippen LogP contribution in [0.4, 0.5) is 36.7 Å². The fourth-order valence-corrected chi connectivity index (χ4v) is 3.78. The first-order chi connectivity index (χ1) is 17.2. The van der Waals surface area contributed by atoms with E-state index in [1.165, 1.54) is 18.5 Å². The van der Waals surface area contributed by atoms with E-state index in [1.807, 2.05) is 5.43 Å². The lowest BCUT2D eigenvalue weighted by atomic mass is 9.95. The van der Waals surface area contributed by atoms with Gasteiger partial charge in [-0.1, -0.05) is 29.3 Å². The quantitative estimate of drug-likeness (QED) is 0.164.